The van der Waals surface area contributed by atoms with Crippen molar-refractivity contribution in [2.24, 2.45) is 0 Å². The van der Waals surface area contributed by atoms with Gasteiger partial charge in [0.05, 0.1) is 24.6 Å². The van der Waals surface area contributed by atoms with Gasteiger partial charge in [-0.05, 0) is 24.3 Å². The van der Waals surface area contributed by atoms with E-state index in [0.29, 0.717) is 37.6 Å². The minimum absolute atomic E-state index is 0.0197. The summed E-state index contributed by atoms with van der Waals surface area (Å²) in [6.07, 6.45) is 1.56. The molecule has 2 heterocycles. The standard InChI is InChI=1S/C20H25FN4O4/c21-15-4-1-2-5-16(15)24-8-10-25(11-9-24)17(18-6-3-13-29-18)14-23-20(28)19(27)22-7-12-26/h1-6,13,17,26H,7-12,14H2,(H,22,27)(H,23,28)/t17-/m1/s1. The van der Waals surface area contributed by atoms with Crippen LogP contribution in [-0.2, 0) is 9.59 Å². The second kappa shape index (κ2) is 10.0. The third kappa shape index (κ3) is 5.33. The normalized spacial score (nSPS) is 15.7. The number of nitrogens with zero attached hydrogens (tertiary/aromatic N) is 2. The van der Waals surface area contributed by atoms with Gasteiger partial charge in [-0.15, -0.1) is 0 Å². The molecule has 1 aromatic carbocycles. The van der Waals surface area contributed by atoms with Gasteiger partial charge >= 0.3 is 11.8 Å². The first-order chi connectivity index (χ1) is 14.1. The Kier molecular flexibility index (Phi) is 7.20. The zero-order valence-electron chi connectivity index (χ0n) is 16.0. The molecule has 1 fully saturated rings. The summed E-state index contributed by atoms with van der Waals surface area (Å²) in [4.78, 5) is 27.8. The molecule has 8 nitrogen and oxygen atoms in total. The molecule has 0 radical (unpaired) electrons. The number of hydrogen-bond donors (Lipinski definition) is 3. The molecular weight excluding hydrogens is 379 g/mol. The van der Waals surface area contributed by atoms with Gasteiger partial charge in [-0.3, -0.25) is 14.5 Å². The number of piperazine rings is 1. The van der Waals surface area contributed by atoms with E-state index >= 15 is 0 Å². The van der Waals surface area contributed by atoms with Crippen LogP contribution in [0.15, 0.2) is 47.1 Å². The van der Waals surface area contributed by atoms with Crippen LogP contribution in [0.4, 0.5) is 10.1 Å². The molecule has 2 amide bonds. The predicted molar refractivity (Wildman–Crippen MR) is 105 cm³/mol. The molecule has 29 heavy (non-hydrogen) atoms. The molecule has 1 aliphatic rings. The van der Waals surface area contributed by atoms with Crippen LogP contribution in [0.1, 0.15) is 11.8 Å². The van der Waals surface area contributed by atoms with Gasteiger partial charge in [0.2, 0.25) is 0 Å². The fourth-order valence-electron chi connectivity index (χ4n) is 3.39. The van der Waals surface area contributed by atoms with Gasteiger partial charge in [-0.1, -0.05) is 12.1 Å². The molecule has 1 aliphatic heterocycles. The molecule has 1 aromatic heterocycles. The number of hydrogen-bond acceptors (Lipinski definition) is 6. The summed E-state index contributed by atoms with van der Waals surface area (Å²) in [5.74, 6) is -1.12. The maximum Gasteiger partial charge on any atom is 0.309 e. The fraction of sp³-hybridized carbons (Fsp3) is 0.400. The fourth-order valence-corrected chi connectivity index (χ4v) is 3.39. The molecule has 0 spiro atoms. The van der Waals surface area contributed by atoms with Crippen LogP contribution in [0.2, 0.25) is 0 Å². The monoisotopic (exact) mass is 404 g/mol. The number of halogens is 1. The van der Waals surface area contributed by atoms with Crippen molar-refractivity contribution < 1.29 is 23.5 Å². The third-order valence-electron chi connectivity index (χ3n) is 4.88. The number of aliphatic hydroxyl groups is 1. The van der Waals surface area contributed by atoms with Crippen LogP contribution in [0, 0.1) is 5.82 Å². The van der Waals surface area contributed by atoms with Gasteiger partial charge in [-0.2, -0.15) is 0 Å². The number of benzene rings is 1. The van der Waals surface area contributed by atoms with Crippen molar-refractivity contribution in [1.29, 1.82) is 0 Å². The zero-order chi connectivity index (χ0) is 20.6. The summed E-state index contributed by atoms with van der Waals surface area (Å²) in [5, 5.41) is 13.7. The lowest BCUT2D eigenvalue weighted by Crippen LogP contribution is -2.51. The molecule has 156 valence electrons. The molecule has 1 saturated heterocycles. The lowest BCUT2D eigenvalue weighted by Gasteiger charge is -2.39. The van der Waals surface area contributed by atoms with Gasteiger partial charge < -0.3 is 25.1 Å². The third-order valence-corrected chi connectivity index (χ3v) is 4.88. The van der Waals surface area contributed by atoms with Crippen LogP contribution in [0.3, 0.4) is 0 Å². The number of carbonyl (C=O) groups excluding carboxylic acids is 2. The van der Waals surface area contributed by atoms with E-state index in [1.807, 2.05) is 17.0 Å². The van der Waals surface area contributed by atoms with Crippen molar-refractivity contribution in [2.75, 3.05) is 50.8 Å². The number of aliphatic hydroxyl groups excluding tert-OH is 1. The average molecular weight is 404 g/mol. The van der Waals surface area contributed by atoms with E-state index in [4.69, 9.17) is 9.52 Å². The molecule has 2 aromatic rings. The van der Waals surface area contributed by atoms with Gasteiger partial charge in [0.1, 0.15) is 11.6 Å². The Balaban J connectivity index is 1.61. The molecule has 3 N–H and O–H groups in total. The van der Waals surface area contributed by atoms with Crippen molar-refractivity contribution in [3.8, 4) is 0 Å². The van der Waals surface area contributed by atoms with Crippen molar-refractivity contribution >= 4 is 17.5 Å². The van der Waals surface area contributed by atoms with E-state index in [1.165, 1.54) is 6.07 Å². The average Bonchev–Trinajstić information content (AvgIpc) is 3.27. The molecule has 0 unspecified atom stereocenters. The van der Waals surface area contributed by atoms with Crippen molar-refractivity contribution in [1.82, 2.24) is 15.5 Å². The second-order valence-corrected chi connectivity index (χ2v) is 6.70. The minimum atomic E-state index is -0.790. The smallest absolute Gasteiger partial charge is 0.309 e. The van der Waals surface area contributed by atoms with Crippen LogP contribution < -0.4 is 15.5 Å². The van der Waals surface area contributed by atoms with Gasteiger partial charge in [0, 0.05) is 39.3 Å². The number of para-hydroxylation sites is 1. The van der Waals surface area contributed by atoms with E-state index in [1.54, 1.807) is 24.5 Å². The Morgan fingerprint density at radius 2 is 1.79 bits per heavy atom. The van der Waals surface area contributed by atoms with Gasteiger partial charge in [0.25, 0.3) is 0 Å². The largest absolute Gasteiger partial charge is 0.468 e. The molecule has 3 rings (SSSR count). The van der Waals surface area contributed by atoms with Crippen molar-refractivity contribution in [2.45, 2.75) is 6.04 Å². The SMILES string of the molecule is O=C(NCCO)C(=O)NC[C@H](c1ccco1)N1CCN(c2ccccc2F)CC1. The van der Waals surface area contributed by atoms with Crippen molar-refractivity contribution in [3.63, 3.8) is 0 Å². The predicted octanol–water partition coefficient (Wildman–Crippen LogP) is 0.507. The topological polar surface area (TPSA) is 98.0 Å². The number of carbonyl (C=O) groups is 2. The van der Waals surface area contributed by atoms with E-state index in [2.05, 4.69) is 15.5 Å². The first-order valence-electron chi connectivity index (χ1n) is 9.54. The molecule has 9 heteroatoms. The summed E-state index contributed by atoms with van der Waals surface area (Å²) in [6.45, 7) is 2.52. The molecular formula is C20H25FN4O4. The highest BCUT2D eigenvalue weighted by molar-refractivity contribution is 6.35. The van der Waals surface area contributed by atoms with E-state index < -0.39 is 11.8 Å². The summed E-state index contributed by atoms with van der Waals surface area (Å²) < 4.78 is 19.6. The quantitative estimate of drug-likeness (QED) is 0.582. The maximum absolute atomic E-state index is 14.1. The lowest BCUT2D eigenvalue weighted by atomic mass is 10.1. The summed E-state index contributed by atoms with van der Waals surface area (Å²) in [6, 6.07) is 10.0. The molecule has 1 atom stereocenters. The first kappa shape index (κ1) is 20.8. The van der Waals surface area contributed by atoms with Gasteiger partial charge in [0.15, 0.2) is 0 Å². The molecule has 0 aliphatic carbocycles. The number of nitrogens with one attached hydrogen (secondary N) is 2. The highest BCUT2D eigenvalue weighted by Crippen LogP contribution is 2.25. The Morgan fingerprint density at radius 1 is 1.07 bits per heavy atom. The van der Waals surface area contributed by atoms with Crippen LogP contribution in [-0.4, -0.2) is 67.7 Å². The summed E-state index contributed by atoms with van der Waals surface area (Å²) in [7, 11) is 0. The zero-order valence-corrected chi connectivity index (χ0v) is 16.0. The van der Waals surface area contributed by atoms with Crippen LogP contribution >= 0.6 is 0 Å². The van der Waals surface area contributed by atoms with E-state index in [-0.39, 0.29) is 31.6 Å². The Bertz CT molecular complexity index is 807. The van der Waals surface area contributed by atoms with E-state index in [0.717, 1.165) is 0 Å². The Hall–Kier alpha value is -2.91. The van der Waals surface area contributed by atoms with Crippen LogP contribution in [0.25, 0.3) is 0 Å². The number of anilines is 1. The second-order valence-electron chi connectivity index (χ2n) is 6.70. The number of amides is 2. The number of rotatable bonds is 7. The molecule has 0 saturated carbocycles. The Morgan fingerprint density at radius 3 is 2.45 bits per heavy atom. The van der Waals surface area contributed by atoms with Crippen LogP contribution in [0.5, 0.6) is 0 Å². The highest BCUT2D eigenvalue weighted by Gasteiger charge is 2.28. The number of furan rings is 1. The minimum Gasteiger partial charge on any atom is -0.468 e. The van der Waals surface area contributed by atoms with Crippen molar-refractivity contribution in [3.05, 3.63) is 54.2 Å². The summed E-state index contributed by atoms with van der Waals surface area (Å²) >= 11 is 0. The summed E-state index contributed by atoms with van der Waals surface area (Å²) in [5.41, 5.74) is 0.579. The van der Waals surface area contributed by atoms with E-state index in [9.17, 15) is 14.0 Å². The highest BCUT2D eigenvalue weighted by atomic mass is 19.1. The molecule has 0 bridgehead atoms. The maximum atomic E-state index is 14.1. The lowest BCUT2D eigenvalue weighted by molar-refractivity contribution is -0.139. The Labute approximate surface area is 168 Å². The first-order valence-corrected chi connectivity index (χ1v) is 9.54. The van der Waals surface area contributed by atoms with Gasteiger partial charge in [-0.25, -0.2) is 4.39 Å².